The molecule has 5 heteroatoms. The van der Waals surface area contributed by atoms with Crippen LogP contribution in [0.3, 0.4) is 0 Å². The lowest BCUT2D eigenvalue weighted by Gasteiger charge is -2.25. The van der Waals surface area contributed by atoms with Crippen LogP contribution in [0, 0.1) is 5.41 Å². The average Bonchev–Trinajstić information content (AvgIpc) is 2.76. The average molecular weight is 303 g/mol. The van der Waals surface area contributed by atoms with Gasteiger partial charge in [0.05, 0.1) is 0 Å². The van der Waals surface area contributed by atoms with Crippen LogP contribution in [0.25, 0.3) is 0 Å². The number of aromatic amines is 1. The molecule has 1 N–H and O–H groups in total. The van der Waals surface area contributed by atoms with Crippen LogP contribution in [-0.2, 0) is 0 Å². The molecule has 0 bridgehead atoms. The molecular formula is C11H15BrN2OS. The summed E-state index contributed by atoms with van der Waals surface area (Å²) in [4.78, 5) is 18.0. The number of hydrogen-bond acceptors (Lipinski definition) is 3. The summed E-state index contributed by atoms with van der Waals surface area (Å²) in [5, 5.41) is 1.78. The maximum absolute atomic E-state index is 11.1. The molecule has 1 aromatic rings. The fraction of sp³-hybridized carbons (Fsp3) is 0.636. The van der Waals surface area contributed by atoms with Gasteiger partial charge in [-0.25, -0.2) is 4.98 Å². The third kappa shape index (κ3) is 2.88. The Balaban J connectivity index is 1.98. The van der Waals surface area contributed by atoms with Crippen molar-refractivity contribution >= 4 is 27.7 Å². The molecule has 0 unspecified atom stereocenters. The van der Waals surface area contributed by atoms with Gasteiger partial charge < -0.3 is 4.98 Å². The fourth-order valence-corrected chi connectivity index (χ4v) is 4.25. The van der Waals surface area contributed by atoms with Crippen molar-refractivity contribution in [3.05, 3.63) is 22.6 Å². The van der Waals surface area contributed by atoms with E-state index in [-0.39, 0.29) is 5.56 Å². The molecule has 0 aliphatic heterocycles. The molecule has 0 spiro atoms. The number of H-pyrrole nitrogens is 1. The Labute approximate surface area is 108 Å². The molecular weight excluding hydrogens is 288 g/mol. The molecule has 1 aliphatic rings. The van der Waals surface area contributed by atoms with Crippen molar-refractivity contribution in [3.63, 3.8) is 0 Å². The lowest BCUT2D eigenvalue weighted by atomic mass is 9.92. The fourth-order valence-electron chi connectivity index (χ4n) is 2.09. The van der Waals surface area contributed by atoms with Crippen molar-refractivity contribution in [3.8, 4) is 0 Å². The van der Waals surface area contributed by atoms with E-state index in [0.29, 0.717) is 5.41 Å². The molecule has 1 fully saturated rings. The van der Waals surface area contributed by atoms with Gasteiger partial charge in [-0.15, -0.1) is 0 Å². The second kappa shape index (κ2) is 5.36. The predicted molar refractivity (Wildman–Crippen MR) is 70.3 cm³/mol. The van der Waals surface area contributed by atoms with Crippen LogP contribution < -0.4 is 5.56 Å². The number of nitrogens with zero attached hydrogens (tertiary/aromatic N) is 1. The van der Waals surface area contributed by atoms with Crippen LogP contribution in [0.15, 0.2) is 22.2 Å². The Hall–Kier alpha value is -0.290. The number of halogens is 1. The second-order valence-corrected chi connectivity index (χ2v) is 5.89. The van der Waals surface area contributed by atoms with Gasteiger partial charge in [-0.3, -0.25) is 4.79 Å². The molecule has 1 aromatic heterocycles. The highest BCUT2D eigenvalue weighted by Gasteiger charge is 2.32. The quantitative estimate of drug-likeness (QED) is 0.528. The number of rotatable bonds is 4. The van der Waals surface area contributed by atoms with Crippen LogP contribution in [0.1, 0.15) is 25.7 Å². The van der Waals surface area contributed by atoms with E-state index in [1.54, 1.807) is 18.0 Å². The Morgan fingerprint density at radius 2 is 2.25 bits per heavy atom. The zero-order chi connectivity index (χ0) is 11.4. The molecule has 1 heterocycles. The summed E-state index contributed by atoms with van der Waals surface area (Å²) >= 11 is 5.27. The van der Waals surface area contributed by atoms with Crippen LogP contribution in [0.4, 0.5) is 0 Å². The maximum Gasteiger partial charge on any atom is 0.251 e. The smallest absolute Gasteiger partial charge is 0.251 e. The molecule has 3 nitrogen and oxygen atoms in total. The number of nitrogens with one attached hydrogen (secondary N) is 1. The summed E-state index contributed by atoms with van der Waals surface area (Å²) < 4.78 is 0. The molecule has 0 saturated heterocycles. The second-order valence-electron chi connectivity index (χ2n) is 4.37. The van der Waals surface area contributed by atoms with Gasteiger partial charge in [-0.2, -0.15) is 0 Å². The summed E-state index contributed by atoms with van der Waals surface area (Å²) in [6.45, 7) is 0. The summed E-state index contributed by atoms with van der Waals surface area (Å²) in [5.41, 5.74) is 0.329. The van der Waals surface area contributed by atoms with E-state index in [1.165, 1.54) is 31.7 Å². The molecule has 0 amide bonds. The molecule has 1 aliphatic carbocycles. The minimum atomic E-state index is -0.0724. The lowest BCUT2D eigenvalue weighted by molar-refractivity contribution is 0.405. The van der Waals surface area contributed by atoms with Gasteiger partial charge in [-0.05, 0) is 18.3 Å². The number of thioether (sulfide) groups is 1. The third-order valence-electron chi connectivity index (χ3n) is 3.11. The van der Waals surface area contributed by atoms with Gasteiger partial charge in [0.2, 0.25) is 0 Å². The van der Waals surface area contributed by atoms with E-state index >= 15 is 0 Å². The van der Waals surface area contributed by atoms with Crippen molar-refractivity contribution in [2.75, 3.05) is 11.1 Å². The monoisotopic (exact) mass is 302 g/mol. The minimum absolute atomic E-state index is 0.0724. The molecule has 0 radical (unpaired) electrons. The first kappa shape index (κ1) is 12.2. The minimum Gasteiger partial charge on any atom is -0.301 e. The van der Waals surface area contributed by atoms with Gasteiger partial charge in [0.25, 0.3) is 5.56 Å². The summed E-state index contributed by atoms with van der Waals surface area (Å²) in [6.07, 6.45) is 6.77. The van der Waals surface area contributed by atoms with E-state index < -0.39 is 0 Å². The summed E-state index contributed by atoms with van der Waals surface area (Å²) in [5.74, 6) is 1.03. The van der Waals surface area contributed by atoms with Crippen molar-refractivity contribution in [2.24, 2.45) is 5.41 Å². The SMILES string of the molecule is O=c1ccnc(SCC2(CBr)CCCC2)[nH]1. The molecule has 1 saturated carbocycles. The zero-order valence-electron chi connectivity index (χ0n) is 9.04. The molecule has 16 heavy (non-hydrogen) atoms. The van der Waals surface area contributed by atoms with Gasteiger partial charge in [0.15, 0.2) is 5.16 Å². The highest BCUT2D eigenvalue weighted by molar-refractivity contribution is 9.09. The Kier molecular flexibility index (Phi) is 4.08. The zero-order valence-corrected chi connectivity index (χ0v) is 11.4. The van der Waals surface area contributed by atoms with E-state index in [9.17, 15) is 4.79 Å². The third-order valence-corrected chi connectivity index (χ3v) is 5.54. The van der Waals surface area contributed by atoms with E-state index in [1.807, 2.05) is 0 Å². The van der Waals surface area contributed by atoms with Crippen LogP contribution in [0.2, 0.25) is 0 Å². The van der Waals surface area contributed by atoms with Gasteiger partial charge in [-0.1, -0.05) is 40.5 Å². The Morgan fingerprint density at radius 3 is 2.88 bits per heavy atom. The number of hydrogen-bond donors (Lipinski definition) is 1. The summed E-state index contributed by atoms with van der Waals surface area (Å²) in [6, 6.07) is 1.44. The van der Waals surface area contributed by atoms with Crippen LogP contribution in [0.5, 0.6) is 0 Å². The van der Waals surface area contributed by atoms with Gasteiger partial charge in [0, 0.05) is 23.3 Å². The highest BCUT2D eigenvalue weighted by atomic mass is 79.9. The van der Waals surface area contributed by atoms with E-state index in [4.69, 9.17) is 0 Å². The van der Waals surface area contributed by atoms with Crippen molar-refractivity contribution in [2.45, 2.75) is 30.8 Å². The number of alkyl halides is 1. The van der Waals surface area contributed by atoms with Gasteiger partial charge in [0.1, 0.15) is 0 Å². The van der Waals surface area contributed by atoms with Crippen molar-refractivity contribution < 1.29 is 0 Å². The molecule has 0 atom stereocenters. The van der Waals surface area contributed by atoms with Gasteiger partial charge >= 0.3 is 0 Å². The van der Waals surface area contributed by atoms with Crippen molar-refractivity contribution in [1.82, 2.24) is 9.97 Å². The van der Waals surface area contributed by atoms with E-state index in [0.717, 1.165) is 16.2 Å². The highest BCUT2D eigenvalue weighted by Crippen LogP contribution is 2.42. The van der Waals surface area contributed by atoms with E-state index in [2.05, 4.69) is 25.9 Å². The first-order chi connectivity index (χ1) is 7.74. The topological polar surface area (TPSA) is 45.8 Å². The van der Waals surface area contributed by atoms with Crippen LogP contribution >= 0.6 is 27.7 Å². The Morgan fingerprint density at radius 1 is 1.50 bits per heavy atom. The summed E-state index contributed by atoms with van der Waals surface area (Å²) in [7, 11) is 0. The Bertz CT molecular complexity index is 401. The first-order valence-corrected chi connectivity index (χ1v) is 7.59. The van der Waals surface area contributed by atoms with Crippen LogP contribution in [-0.4, -0.2) is 21.1 Å². The molecule has 88 valence electrons. The largest absolute Gasteiger partial charge is 0.301 e. The first-order valence-electron chi connectivity index (χ1n) is 5.48. The standard InChI is InChI=1S/C11H15BrN2OS/c12-7-11(4-1-2-5-11)8-16-10-13-6-3-9(15)14-10/h3,6H,1-2,4-5,7-8H2,(H,13,14,15). The van der Waals surface area contributed by atoms with Crippen molar-refractivity contribution in [1.29, 1.82) is 0 Å². The number of aromatic nitrogens is 2. The maximum atomic E-state index is 11.1. The normalized spacial score (nSPS) is 18.8. The molecule has 2 rings (SSSR count). The molecule has 0 aromatic carbocycles. The lowest BCUT2D eigenvalue weighted by Crippen LogP contribution is -2.21. The predicted octanol–water partition coefficient (Wildman–Crippen LogP) is 2.82.